The molecule has 2 heterocycles. The maximum atomic E-state index is 6.25. The van der Waals surface area contributed by atoms with E-state index in [9.17, 15) is 0 Å². The summed E-state index contributed by atoms with van der Waals surface area (Å²) in [5.41, 5.74) is 1.99. The Balaban J connectivity index is 2.00. The van der Waals surface area contributed by atoms with E-state index in [0.717, 1.165) is 41.7 Å². The minimum absolute atomic E-state index is 0.705. The molecule has 2 rings (SSSR count). The highest BCUT2D eigenvalue weighted by molar-refractivity contribution is 7.09. The van der Waals surface area contributed by atoms with Gasteiger partial charge in [0.2, 0.25) is 0 Å². The predicted octanol–water partition coefficient (Wildman–Crippen LogP) is 3.95. The fourth-order valence-electron chi connectivity index (χ4n) is 2.02. The van der Waals surface area contributed by atoms with Gasteiger partial charge in [-0.25, -0.2) is 9.97 Å². The lowest BCUT2D eigenvalue weighted by atomic mass is 10.3. The van der Waals surface area contributed by atoms with Crippen LogP contribution in [0.3, 0.4) is 0 Å². The van der Waals surface area contributed by atoms with Gasteiger partial charge in [0, 0.05) is 25.0 Å². The largest absolute Gasteiger partial charge is 0.370 e. The van der Waals surface area contributed by atoms with Gasteiger partial charge in [-0.2, -0.15) is 0 Å². The molecule has 6 heteroatoms. The zero-order chi connectivity index (χ0) is 15.2. The zero-order valence-corrected chi connectivity index (χ0v) is 14.3. The molecule has 0 amide bonds. The minimum atomic E-state index is 0.705. The quantitative estimate of drug-likeness (QED) is 0.837. The summed E-state index contributed by atoms with van der Waals surface area (Å²) in [6.07, 6.45) is 1.07. The van der Waals surface area contributed by atoms with Gasteiger partial charge >= 0.3 is 0 Å². The van der Waals surface area contributed by atoms with Crippen LogP contribution in [0.5, 0.6) is 0 Å². The van der Waals surface area contributed by atoms with Gasteiger partial charge < -0.3 is 5.32 Å². The molecule has 0 atom stereocenters. The van der Waals surface area contributed by atoms with E-state index in [1.54, 1.807) is 11.3 Å². The van der Waals surface area contributed by atoms with Crippen molar-refractivity contribution in [2.24, 2.45) is 0 Å². The van der Waals surface area contributed by atoms with E-state index in [-0.39, 0.29) is 0 Å². The summed E-state index contributed by atoms with van der Waals surface area (Å²) in [6.45, 7) is 6.58. The van der Waals surface area contributed by atoms with Gasteiger partial charge in [0.15, 0.2) is 0 Å². The second kappa shape index (κ2) is 7.73. The van der Waals surface area contributed by atoms with Crippen molar-refractivity contribution >= 4 is 28.8 Å². The summed E-state index contributed by atoms with van der Waals surface area (Å²) in [5.74, 6) is 0.883. The van der Waals surface area contributed by atoms with E-state index in [1.807, 2.05) is 19.1 Å². The number of nitrogens with one attached hydrogen (secondary N) is 1. The number of aryl methyl sites for hydroxylation is 1. The van der Waals surface area contributed by atoms with Gasteiger partial charge in [0.05, 0.1) is 21.4 Å². The van der Waals surface area contributed by atoms with E-state index in [2.05, 4.69) is 39.5 Å². The van der Waals surface area contributed by atoms with Gasteiger partial charge in [0.25, 0.3) is 0 Å². The third-order valence-corrected chi connectivity index (χ3v) is 4.16. The maximum absolute atomic E-state index is 6.25. The molecule has 0 aliphatic heterocycles. The Labute approximate surface area is 135 Å². The van der Waals surface area contributed by atoms with Crippen LogP contribution in [0, 0.1) is 6.92 Å². The highest BCUT2D eigenvalue weighted by Crippen LogP contribution is 2.19. The van der Waals surface area contributed by atoms with Crippen molar-refractivity contribution in [1.82, 2.24) is 14.9 Å². The molecule has 0 unspecified atom stereocenters. The lowest BCUT2D eigenvalue weighted by Gasteiger charge is -2.16. The summed E-state index contributed by atoms with van der Waals surface area (Å²) in [4.78, 5) is 11.3. The highest BCUT2D eigenvalue weighted by Gasteiger charge is 2.09. The molecule has 0 radical (unpaired) electrons. The first-order chi connectivity index (χ1) is 10.1. The van der Waals surface area contributed by atoms with Crippen molar-refractivity contribution in [3.63, 3.8) is 0 Å². The van der Waals surface area contributed by atoms with Crippen LogP contribution >= 0.6 is 22.9 Å². The van der Waals surface area contributed by atoms with Crippen LogP contribution in [-0.2, 0) is 13.1 Å². The molecular weight excluding hydrogens is 304 g/mol. The van der Waals surface area contributed by atoms with Gasteiger partial charge in [-0.05, 0) is 32.5 Å². The summed E-state index contributed by atoms with van der Waals surface area (Å²) in [7, 11) is 2.05. The van der Waals surface area contributed by atoms with E-state index >= 15 is 0 Å². The fraction of sp³-hybridized carbons (Fsp3) is 0.467. The molecule has 1 N–H and O–H groups in total. The number of anilines is 1. The Morgan fingerprint density at radius 2 is 2.10 bits per heavy atom. The fourth-order valence-corrected chi connectivity index (χ4v) is 2.78. The predicted molar refractivity (Wildman–Crippen MR) is 90.0 cm³/mol. The molecule has 0 aliphatic rings. The molecule has 114 valence electrons. The number of nitrogens with zero attached hydrogens (tertiary/aromatic N) is 3. The Hall–Kier alpha value is -1.17. The van der Waals surface area contributed by atoms with Crippen LogP contribution in [0.4, 0.5) is 5.82 Å². The SMILES string of the molecule is CCCNc1ccc(Cl)c(CN(C)Cc2csc(C)n2)n1. The molecule has 2 aromatic heterocycles. The summed E-state index contributed by atoms with van der Waals surface area (Å²) in [6, 6.07) is 3.83. The molecule has 0 fully saturated rings. The van der Waals surface area contributed by atoms with Gasteiger partial charge in [-0.15, -0.1) is 11.3 Å². The van der Waals surface area contributed by atoms with Crippen LogP contribution < -0.4 is 5.32 Å². The Bertz CT molecular complexity index is 585. The van der Waals surface area contributed by atoms with E-state index in [1.165, 1.54) is 0 Å². The number of rotatable bonds is 7. The normalized spacial score (nSPS) is 11.1. The van der Waals surface area contributed by atoms with Crippen molar-refractivity contribution in [3.8, 4) is 0 Å². The van der Waals surface area contributed by atoms with Crippen molar-refractivity contribution in [3.05, 3.63) is 38.9 Å². The van der Waals surface area contributed by atoms with Crippen LogP contribution in [0.15, 0.2) is 17.5 Å². The average molecular weight is 325 g/mol. The summed E-state index contributed by atoms with van der Waals surface area (Å²) >= 11 is 7.93. The standard InChI is InChI=1S/C15H21ClN4S/c1-4-7-17-15-6-5-13(16)14(19-15)9-20(3)8-12-10-21-11(2)18-12/h5-6,10H,4,7-9H2,1-3H3,(H,17,19). The third kappa shape index (κ3) is 4.95. The van der Waals surface area contributed by atoms with Gasteiger partial charge in [0.1, 0.15) is 5.82 Å². The molecule has 0 aromatic carbocycles. The molecule has 0 spiro atoms. The van der Waals surface area contributed by atoms with Crippen molar-refractivity contribution < 1.29 is 0 Å². The van der Waals surface area contributed by atoms with Crippen molar-refractivity contribution in [2.75, 3.05) is 18.9 Å². The molecule has 21 heavy (non-hydrogen) atoms. The lowest BCUT2D eigenvalue weighted by Crippen LogP contribution is -2.19. The number of pyridine rings is 1. The Kier molecular flexibility index (Phi) is 5.96. The van der Waals surface area contributed by atoms with Gasteiger partial charge in [-0.1, -0.05) is 18.5 Å². The molecule has 2 aromatic rings. The number of halogens is 1. The monoisotopic (exact) mass is 324 g/mol. The number of hydrogen-bond donors (Lipinski definition) is 1. The lowest BCUT2D eigenvalue weighted by molar-refractivity contribution is 0.312. The zero-order valence-electron chi connectivity index (χ0n) is 12.7. The molecule has 0 bridgehead atoms. The molecule has 4 nitrogen and oxygen atoms in total. The first-order valence-corrected chi connectivity index (χ1v) is 8.33. The number of hydrogen-bond acceptors (Lipinski definition) is 5. The topological polar surface area (TPSA) is 41.0 Å². The van der Waals surface area contributed by atoms with E-state index in [0.29, 0.717) is 11.6 Å². The Morgan fingerprint density at radius 1 is 1.29 bits per heavy atom. The second-order valence-corrected chi connectivity index (χ2v) is 6.55. The smallest absolute Gasteiger partial charge is 0.126 e. The first kappa shape index (κ1) is 16.2. The number of thiazole rings is 1. The molecule has 0 saturated heterocycles. The van der Waals surface area contributed by atoms with Crippen molar-refractivity contribution in [2.45, 2.75) is 33.4 Å². The minimum Gasteiger partial charge on any atom is -0.370 e. The third-order valence-electron chi connectivity index (χ3n) is 2.99. The molecular formula is C15H21ClN4S. The van der Waals surface area contributed by atoms with Crippen LogP contribution in [0.2, 0.25) is 5.02 Å². The second-order valence-electron chi connectivity index (χ2n) is 5.08. The number of aromatic nitrogens is 2. The summed E-state index contributed by atoms with van der Waals surface area (Å²) < 4.78 is 0. The Morgan fingerprint density at radius 3 is 2.76 bits per heavy atom. The van der Waals surface area contributed by atoms with E-state index in [4.69, 9.17) is 11.6 Å². The average Bonchev–Trinajstić information content (AvgIpc) is 2.84. The van der Waals surface area contributed by atoms with Crippen LogP contribution in [-0.4, -0.2) is 28.5 Å². The first-order valence-electron chi connectivity index (χ1n) is 7.07. The van der Waals surface area contributed by atoms with Gasteiger partial charge in [-0.3, -0.25) is 4.90 Å². The van der Waals surface area contributed by atoms with Crippen LogP contribution in [0.25, 0.3) is 0 Å². The summed E-state index contributed by atoms with van der Waals surface area (Å²) in [5, 5.41) is 7.19. The molecule has 0 aliphatic carbocycles. The maximum Gasteiger partial charge on any atom is 0.126 e. The molecule has 0 saturated carbocycles. The highest BCUT2D eigenvalue weighted by atomic mass is 35.5. The van der Waals surface area contributed by atoms with E-state index < -0.39 is 0 Å². The van der Waals surface area contributed by atoms with Crippen LogP contribution in [0.1, 0.15) is 29.7 Å². The van der Waals surface area contributed by atoms with Crippen molar-refractivity contribution in [1.29, 1.82) is 0 Å².